The molecular formula is C13H14ClN3O. The molecule has 0 aliphatic carbocycles. The molecule has 0 saturated carbocycles. The fourth-order valence-electron chi connectivity index (χ4n) is 1.65. The number of hydrogen-bond donors (Lipinski definition) is 1. The summed E-state index contributed by atoms with van der Waals surface area (Å²) in [5, 5.41) is 7.17. The first kappa shape index (κ1) is 12.6. The molecule has 1 aromatic carbocycles. The standard InChI is InChI=1S/C13H14ClN3O/c1-10-9-12(15-13(18)7-8-14)17(16-10)11-5-3-2-4-6-11/h2-6,9H,7-8H2,1H3,(H,15,18). The molecule has 0 aliphatic heterocycles. The van der Waals surface area contributed by atoms with Crippen molar-refractivity contribution in [3.8, 4) is 5.69 Å². The van der Waals surface area contributed by atoms with Gasteiger partial charge in [-0.25, -0.2) is 4.68 Å². The van der Waals surface area contributed by atoms with Crippen LogP contribution in [-0.2, 0) is 4.79 Å². The Bertz CT molecular complexity index is 536. The Morgan fingerprint density at radius 3 is 2.78 bits per heavy atom. The van der Waals surface area contributed by atoms with E-state index in [0.29, 0.717) is 18.1 Å². The number of aryl methyl sites for hydroxylation is 1. The minimum absolute atomic E-state index is 0.109. The third kappa shape index (κ3) is 2.90. The lowest BCUT2D eigenvalue weighted by atomic mass is 10.3. The van der Waals surface area contributed by atoms with Crippen molar-refractivity contribution in [2.24, 2.45) is 0 Å². The molecule has 1 heterocycles. The lowest BCUT2D eigenvalue weighted by molar-refractivity contribution is -0.115. The van der Waals surface area contributed by atoms with E-state index in [2.05, 4.69) is 10.4 Å². The molecule has 5 heteroatoms. The van der Waals surface area contributed by atoms with Gasteiger partial charge in [-0.05, 0) is 19.1 Å². The molecular weight excluding hydrogens is 250 g/mol. The quantitative estimate of drug-likeness (QED) is 0.863. The largest absolute Gasteiger partial charge is 0.311 e. The molecule has 0 atom stereocenters. The molecule has 1 aromatic heterocycles. The van der Waals surface area contributed by atoms with E-state index in [1.54, 1.807) is 4.68 Å². The Labute approximate surface area is 111 Å². The van der Waals surface area contributed by atoms with Gasteiger partial charge in [0.05, 0.1) is 11.4 Å². The van der Waals surface area contributed by atoms with E-state index < -0.39 is 0 Å². The highest BCUT2D eigenvalue weighted by molar-refractivity contribution is 6.19. The average molecular weight is 264 g/mol. The number of nitrogens with one attached hydrogen (secondary N) is 1. The monoisotopic (exact) mass is 263 g/mol. The zero-order chi connectivity index (χ0) is 13.0. The van der Waals surface area contributed by atoms with Crippen LogP contribution in [0.5, 0.6) is 0 Å². The second-order valence-corrected chi connectivity index (χ2v) is 4.28. The number of para-hydroxylation sites is 1. The summed E-state index contributed by atoms with van der Waals surface area (Å²) in [5.41, 5.74) is 1.76. The summed E-state index contributed by atoms with van der Waals surface area (Å²) in [7, 11) is 0. The van der Waals surface area contributed by atoms with Gasteiger partial charge in [-0.3, -0.25) is 4.79 Å². The van der Waals surface area contributed by atoms with Crippen molar-refractivity contribution >= 4 is 23.3 Å². The van der Waals surface area contributed by atoms with Crippen LogP contribution >= 0.6 is 11.6 Å². The first-order chi connectivity index (χ1) is 8.70. The van der Waals surface area contributed by atoms with Crippen LogP contribution in [0.25, 0.3) is 5.69 Å². The van der Waals surface area contributed by atoms with Crippen LogP contribution in [0.1, 0.15) is 12.1 Å². The Morgan fingerprint density at radius 1 is 1.39 bits per heavy atom. The highest BCUT2D eigenvalue weighted by Gasteiger charge is 2.10. The van der Waals surface area contributed by atoms with Gasteiger partial charge in [0.1, 0.15) is 5.82 Å². The Kier molecular flexibility index (Phi) is 3.99. The summed E-state index contributed by atoms with van der Waals surface area (Å²) in [4.78, 5) is 11.6. The van der Waals surface area contributed by atoms with Gasteiger partial charge < -0.3 is 5.32 Å². The van der Waals surface area contributed by atoms with Crippen molar-refractivity contribution in [1.29, 1.82) is 0 Å². The van der Waals surface area contributed by atoms with E-state index in [-0.39, 0.29) is 5.91 Å². The lowest BCUT2D eigenvalue weighted by Gasteiger charge is -2.08. The number of anilines is 1. The number of nitrogens with zero attached hydrogens (tertiary/aromatic N) is 2. The fourth-order valence-corrected chi connectivity index (χ4v) is 1.82. The Hall–Kier alpha value is -1.81. The van der Waals surface area contributed by atoms with E-state index in [1.807, 2.05) is 43.3 Å². The van der Waals surface area contributed by atoms with Crippen molar-refractivity contribution in [3.05, 3.63) is 42.1 Å². The predicted octanol–water partition coefficient (Wildman–Crippen LogP) is 2.75. The molecule has 0 unspecified atom stereocenters. The van der Waals surface area contributed by atoms with Crippen molar-refractivity contribution in [3.63, 3.8) is 0 Å². The first-order valence-electron chi connectivity index (χ1n) is 5.68. The number of carbonyl (C=O) groups excluding carboxylic acids is 1. The number of alkyl halides is 1. The molecule has 1 N–H and O–H groups in total. The van der Waals surface area contributed by atoms with Gasteiger partial charge in [-0.15, -0.1) is 11.6 Å². The highest BCUT2D eigenvalue weighted by Crippen LogP contribution is 2.16. The average Bonchev–Trinajstić information content (AvgIpc) is 2.71. The van der Waals surface area contributed by atoms with E-state index in [9.17, 15) is 4.79 Å². The van der Waals surface area contributed by atoms with Crippen LogP contribution in [0.15, 0.2) is 36.4 Å². The first-order valence-corrected chi connectivity index (χ1v) is 6.22. The maximum Gasteiger partial charge on any atom is 0.226 e. The van der Waals surface area contributed by atoms with Crippen molar-refractivity contribution in [2.45, 2.75) is 13.3 Å². The van der Waals surface area contributed by atoms with E-state index in [0.717, 1.165) is 11.4 Å². The smallest absolute Gasteiger partial charge is 0.226 e. The third-order valence-corrected chi connectivity index (χ3v) is 2.61. The minimum atomic E-state index is -0.109. The van der Waals surface area contributed by atoms with E-state index in [4.69, 9.17) is 11.6 Å². The lowest BCUT2D eigenvalue weighted by Crippen LogP contribution is -2.15. The molecule has 1 amide bonds. The summed E-state index contributed by atoms with van der Waals surface area (Å²) < 4.78 is 1.71. The molecule has 0 radical (unpaired) electrons. The van der Waals surface area contributed by atoms with Crippen molar-refractivity contribution in [1.82, 2.24) is 9.78 Å². The van der Waals surface area contributed by atoms with Gasteiger partial charge in [-0.1, -0.05) is 18.2 Å². The van der Waals surface area contributed by atoms with Crippen LogP contribution in [-0.4, -0.2) is 21.6 Å². The summed E-state index contributed by atoms with van der Waals surface area (Å²) >= 11 is 5.54. The Morgan fingerprint density at radius 2 is 2.11 bits per heavy atom. The summed E-state index contributed by atoms with van der Waals surface area (Å²) in [6.45, 7) is 1.89. The van der Waals surface area contributed by atoms with Gasteiger partial charge in [0.25, 0.3) is 0 Å². The molecule has 0 fully saturated rings. The van der Waals surface area contributed by atoms with Crippen LogP contribution < -0.4 is 5.32 Å². The van der Waals surface area contributed by atoms with Crippen LogP contribution in [0.3, 0.4) is 0 Å². The normalized spacial score (nSPS) is 10.3. The Balaban J connectivity index is 2.29. The molecule has 2 aromatic rings. The van der Waals surface area contributed by atoms with Crippen molar-refractivity contribution in [2.75, 3.05) is 11.2 Å². The summed E-state index contributed by atoms with van der Waals surface area (Å²) in [6.07, 6.45) is 0.292. The number of rotatable bonds is 4. The van der Waals surface area contributed by atoms with Gasteiger partial charge in [0.15, 0.2) is 0 Å². The molecule has 2 rings (SSSR count). The molecule has 94 valence electrons. The highest BCUT2D eigenvalue weighted by atomic mass is 35.5. The van der Waals surface area contributed by atoms with Crippen molar-refractivity contribution < 1.29 is 4.79 Å². The van der Waals surface area contributed by atoms with Crippen LogP contribution in [0.4, 0.5) is 5.82 Å². The molecule has 18 heavy (non-hydrogen) atoms. The van der Waals surface area contributed by atoms with Gasteiger partial charge >= 0.3 is 0 Å². The SMILES string of the molecule is Cc1cc(NC(=O)CCCl)n(-c2ccccc2)n1. The van der Waals surface area contributed by atoms with Crippen LogP contribution in [0, 0.1) is 6.92 Å². The van der Waals surface area contributed by atoms with Crippen LogP contribution in [0.2, 0.25) is 0 Å². The molecule has 0 aliphatic rings. The fraction of sp³-hybridized carbons (Fsp3) is 0.231. The number of carbonyl (C=O) groups is 1. The number of halogens is 1. The van der Waals surface area contributed by atoms with E-state index in [1.165, 1.54) is 0 Å². The maximum absolute atomic E-state index is 11.6. The second-order valence-electron chi connectivity index (χ2n) is 3.91. The van der Waals surface area contributed by atoms with Gasteiger partial charge in [-0.2, -0.15) is 5.10 Å². The third-order valence-electron chi connectivity index (χ3n) is 2.42. The molecule has 0 bridgehead atoms. The maximum atomic E-state index is 11.6. The molecule has 0 saturated heterocycles. The zero-order valence-corrected chi connectivity index (χ0v) is 10.8. The predicted molar refractivity (Wildman–Crippen MR) is 72.3 cm³/mol. The summed E-state index contributed by atoms with van der Waals surface area (Å²) in [5.74, 6) is 0.862. The topological polar surface area (TPSA) is 46.9 Å². The summed E-state index contributed by atoms with van der Waals surface area (Å²) in [6, 6.07) is 11.5. The number of amides is 1. The number of benzene rings is 1. The number of aromatic nitrogens is 2. The molecule has 0 spiro atoms. The molecule has 4 nitrogen and oxygen atoms in total. The van der Waals surface area contributed by atoms with Gasteiger partial charge in [0, 0.05) is 18.4 Å². The zero-order valence-electron chi connectivity index (χ0n) is 10.1. The second kappa shape index (κ2) is 5.69. The number of hydrogen-bond acceptors (Lipinski definition) is 2. The minimum Gasteiger partial charge on any atom is -0.311 e. The van der Waals surface area contributed by atoms with E-state index >= 15 is 0 Å². The van der Waals surface area contributed by atoms with Gasteiger partial charge in [0.2, 0.25) is 5.91 Å².